The van der Waals surface area contributed by atoms with E-state index in [4.69, 9.17) is 9.47 Å². The quantitative estimate of drug-likeness (QED) is 0.728. The fourth-order valence-electron chi connectivity index (χ4n) is 3.29. The Balaban J connectivity index is 1.31. The molecular formula is C20H22N2O2. The van der Waals surface area contributed by atoms with Crippen LogP contribution in [-0.2, 0) is 12.8 Å². The van der Waals surface area contributed by atoms with Gasteiger partial charge in [0.15, 0.2) is 11.5 Å². The summed E-state index contributed by atoms with van der Waals surface area (Å²) in [6, 6.07) is 15.1. The van der Waals surface area contributed by atoms with Gasteiger partial charge in [0.1, 0.15) is 0 Å². The minimum atomic E-state index is 0.331. The maximum absolute atomic E-state index is 5.45. The number of hydrogen-bond acceptors (Lipinski definition) is 3. The van der Waals surface area contributed by atoms with Gasteiger partial charge in [-0.3, -0.25) is 0 Å². The van der Waals surface area contributed by atoms with E-state index in [0.717, 1.165) is 30.9 Å². The Morgan fingerprint density at radius 3 is 2.96 bits per heavy atom. The molecule has 1 atom stereocenters. The van der Waals surface area contributed by atoms with Gasteiger partial charge in [-0.25, -0.2) is 0 Å². The SMILES string of the molecule is CC(Cc1ccc2c(c1)OCO2)NCCc1c[nH]c2ccccc12. The van der Waals surface area contributed by atoms with E-state index in [9.17, 15) is 0 Å². The molecule has 1 aliphatic heterocycles. The van der Waals surface area contributed by atoms with Gasteiger partial charge in [-0.15, -0.1) is 0 Å². The summed E-state index contributed by atoms with van der Waals surface area (Å²) in [5.41, 5.74) is 3.85. The molecule has 2 aromatic carbocycles. The summed E-state index contributed by atoms with van der Waals surface area (Å²) in [6.45, 7) is 3.52. The number of aromatic nitrogens is 1. The molecule has 0 radical (unpaired) electrons. The molecule has 0 spiro atoms. The second-order valence-electron chi connectivity index (χ2n) is 6.36. The molecule has 0 saturated heterocycles. The Morgan fingerprint density at radius 1 is 1.12 bits per heavy atom. The molecular weight excluding hydrogens is 300 g/mol. The molecule has 0 aliphatic carbocycles. The summed E-state index contributed by atoms with van der Waals surface area (Å²) in [6.07, 6.45) is 4.12. The number of fused-ring (bicyclic) bond motifs is 2. The minimum Gasteiger partial charge on any atom is -0.454 e. The third-order valence-electron chi connectivity index (χ3n) is 4.54. The summed E-state index contributed by atoms with van der Waals surface area (Å²) in [5.74, 6) is 1.71. The molecule has 2 heterocycles. The second kappa shape index (κ2) is 6.57. The summed E-state index contributed by atoms with van der Waals surface area (Å²) < 4.78 is 10.8. The van der Waals surface area contributed by atoms with Gasteiger partial charge in [-0.05, 0) is 55.6 Å². The first-order chi connectivity index (χ1) is 11.8. The topological polar surface area (TPSA) is 46.3 Å². The third-order valence-corrected chi connectivity index (χ3v) is 4.54. The first-order valence-corrected chi connectivity index (χ1v) is 8.46. The number of ether oxygens (including phenoxy) is 2. The number of rotatable bonds is 6. The smallest absolute Gasteiger partial charge is 0.231 e. The van der Waals surface area contributed by atoms with E-state index in [2.05, 4.69) is 59.8 Å². The molecule has 24 heavy (non-hydrogen) atoms. The molecule has 1 aliphatic rings. The molecule has 0 bridgehead atoms. The van der Waals surface area contributed by atoms with E-state index >= 15 is 0 Å². The Kier molecular flexibility index (Phi) is 4.13. The zero-order valence-electron chi connectivity index (χ0n) is 13.8. The van der Waals surface area contributed by atoms with Crippen molar-refractivity contribution in [2.75, 3.05) is 13.3 Å². The van der Waals surface area contributed by atoms with Crippen molar-refractivity contribution in [1.82, 2.24) is 10.3 Å². The van der Waals surface area contributed by atoms with Crippen molar-refractivity contribution in [2.24, 2.45) is 0 Å². The second-order valence-corrected chi connectivity index (χ2v) is 6.36. The van der Waals surface area contributed by atoms with E-state index in [1.165, 1.54) is 22.0 Å². The summed E-state index contributed by atoms with van der Waals surface area (Å²) in [4.78, 5) is 3.34. The zero-order chi connectivity index (χ0) is 16.4. The monoisotopic (exact) mass is 322 g/mol. The highest BCUT2D eigenvalue weighted by molar-refractivity contribution is 5.83. The van der Waals surface area contributed by atoms with E-state index in [1.807, 2.05) is 6.07 Å². The maximum atomic E-state index is 5.45. The molecule has 1 unspecified atom stereocenters. The van der Waals surface area contributed by atoms with Gasteiger partial charge in [0.25, 0.3) is 0 Å². The molecule has 0 amide bonds. The molecule has 124 valence electrons. The number of benzene rings is 2. The lowest BCUT2D eigenvalue weighted by Crippen LogP contribution is -2.29. The number of hydrogen-bond donors (Lipinski definition) is 2. The lowest BCUT2D eigenvalue weighted by molar-refractivity contribution is 0.174. The Morgan fingerprint density at radius 2 is 2.00 bits per heavy atom. The molecule has 1 aromatic heterocycles. The van der Waals surface area contributed by atoms with Crippen LogP contribution in [0.25, 0.3) is 10.9 Å². The van der Waals surface area contributed by atoms with Crippen molar-refractivity contribution in [3.05, 3.63) is 59.8 Å². The molecule has 0 fully saturated rings. The van der Waals surface area contributed by atoms with Crippen LogP contribution in [0.5, 0.6) is 11.5 Å². The Bertz CT molecular complexity index is 841. The maximum Gasteiger partial charge on any atom is 0.231 e. The molecule has 0 saturated carbocycles. The summed E-state index contributed by atoms with van der Waals surface area (Å²) in [5, 5.41) is 4.94. The predicted molar refractivity (Wildman–Crippen MR) is 95.7 cm³/mol. The van der Waals surface area contributed by atoms with E-state index in [1.54, 1.807) is 0 Å². The molecule has 4 nitrogen and oxygen atoms in total. The van der Waals surface area contributed by atoms with Gasteiger partial charge in [0.2, 0.25) is 6.79 Å². The van der Waals surface area contributed by atoms with E-state index in [-0.39, 0.29) is 0 Å². The Hall–Kier alpha value is -2.46. The van der Waals surface area contributed by atoms with Gasteiger partial charge in [0.05, 0.1) is 0 Å². The van der Waals surface area contributed by atoms with Crippen LogP contribution in [0, 0.1) is 0 Å². The van der Waals surface area contributed by atoms with Crippen LogP contribution in [0.3, 0.4) is 0 Å². The van der Waals surface area contributed by atoms with Gasteiger partial charge in [-0.2, -0.15) is 0 Å². The van der Waals surface area contributed by atoms with Crippen LogP contribution in [0.4, 0.5) is 0 Å². The van der Waals surface area contributed by atoms with Gasteiger partial charge in [-0.1, -0.05) is 24.3 Å². The van der Waals surface area contributed by atoms with Crippen LogP contribution in [0.2, 0.25) is 0 Å². The van der Waals surface area contributed by atoms with Crippen molar-refractivity contribution < 1.29 is 9.47 Å². The predicted octanol–water partition coefficient (Wildman–Crippen LogP) is 3.66. The lowest BCUT2D eigenvalue weighted by Gasteiger charge is -2.14. The first kappa shape index (κ1) is 15.1. The number of nitrogens with one attached hydrogen (secondary N) is 2. The lowest BCUT2D eigenvalue weighted by atomic mass is 10.1. The largest absolute Gasteiger partial charge is 0.454 e. The average molecular weight is 322 g/mol. The molecule has 3 aromatic rings. The van der Waals surface area contributed by atoms with Crippen LogP contribution in [0.1, 0.15) is 18.1 Å². The van der Waals surface area contributed by atoms with E-state index in [0.29, 0.717) is 12.8 Å². The fourth-order valence-corrected chi connectivity index (χ4v) is 3.29. The molecule has 4 heteroatoms. The van der Waals surface area contributed by atoms with Crippen molar-refractivity contribution in [1.29, 1.82) is 0 Å². The van der Waals surface area contributed by atoms with Gasteiger partial charge in [0, 0.05) is 23.1 Å². The molecule has 4 rings (SSSR count). The number of H-pyrrole nitrogens is 1. The van der Waals surface area contributed by atoms with Gasteiger partial charge < -0.3 is 19.8 Å². The van der Waals surface area contributed by atoms with Gasteiger partial charge >= 0.3 is 0 Å². The summed E-state index contributed by atoms with van der Waals surface area (Å²) >= 11 is 0. The highest BCUT2D eigenvalue weighted by Crippen LogP contribution is 2.32. The Labute approximate surface area is 141 Å². The highest BCUT2D eigenvalue weighted by Gasteiger charge is 2.14. The van der Waals surface area contributed by atoms with Crippen LogP contribution in [-0.4, -0.2) is 24.4 Å². The summed E-state index contributed by atoms with van der Waals surface area (Å²) in [7, 11) is 0. The standard InChI is InChI=1S/C20H22N2O2/c1-14(10-15-6-7-19-20(11-15)24-13-23-19)21-9-8-16-12-22-18-5-3-2-4-17(16)18/h2-7,11-12,14,21-22H,8-10,13H2,1H3. The van der Waals surface area contributed by atoms with Crippen molar-refractivity contribution in [3.63, 3.8) is 0 Å². The van der Waals surface area contributed by atoms with Crippen molar-refractivity contribution >= 4 is 10.9 Å². The van der Waals surface area contributed by atoms with Crippen LogP contribution < -0.4 is 14.8 Å². The first-order valence-electron chi connectivity index (χ1n) is 8.46. The normalized spacial score (nSPS) is 14.2. The van der Waals surface area contributed by atoms with E-state index < -0.39 is 0 Å². The number of aromatic amines is 1. The average Bonchev–Trinajstić information content (AvgIpc) is 3.21. The fraction of sp³-hybridized carbons (Fsp3) is 0.300. The van der Waals surface area contributed by atoms with Crippen LogP contribution >= 0.6 is 0 Å². The van der Waals surface area contributed by atoms with Crippen LogP contribution in [0.15, 0.2) is 48.7 Å². The molecule has 2 N–H and O–H groups in total. The minimum absolute atomic E-state index is 0.331. The third kappa shape index (κ3) is 3.10. The van der Waals surface area contributed by atoms with Crippen molar-refractivity contribution in [3.8, 4) is 11.5 Å². The van der Waals surface area contributed by atoms with Crippen molar-refractivity contribution in [2.45, 2.75) is 25.8 Å². The zero-order valence-corrected chi connectivity index (χ0v) is 13.8. The highest BCUT2D eigenvalue weighted by atomic mass is 16.7. The number of para-hydroxylation sites is 1.